The number of nitrogens with one attached hydrogen (secondary N) is 1. The van der Waals surface area contributed by atoms with Crippen molar-refractivity contribution >= 4 is 11.5 Å². The maximum absolute atomic E-state index is 11.2. The van der Waals surface area contributed by atoms with Gasteiger partial charge < -0.3 is 14.8 Å². The predicted molar refractivity (Wildman–Crippen MR) is 71.8 cm³/mol. The van der Waals surface area contributed by atoms with Gasteiger partial charge in [-0.05, 0) is 6.42 Å². The zero-order chi connectivity index (χ0) is 14.9. The molecule has 1 heterocycles. The SMILES string of the molecule is COc1ncnc(NC2CC(OC)C2(C)C)c1[N+](=O)[O-]. The maximum Gasteiger partial charge on any atom is 0.372 e. The van der Waals surface area contributed by atoms with Gasteiger partial charge in [-0.2, -0.15) is 4.98 Å². The summed E-state index contributed by atoms with van der Waals surface area (Å²) in [4.78, 5) is 18.3. The lowest BCUT2D eigenvalue weighted by Gasteiger charge is -2.51. The Morgan fingerprint density at radius 3 is 2.65 bits per heavy atom. The molecule has 2 atom stereocenters. The highest BCUT2D eigenvalue weighted by Gasteiger charge is 2.49. The minimum atomic E-state index is -0.541. The topological polar surface area (TPSA) is 99.4 Å². The van der Waals surface area contributed by atoms with E-state index in [1.807, 2.05) is 13.8 Å². The van der Waals surface area contributed by atoms with Crippen LogP contribution < -0.4 is 10.1 Å². The van der Waals surface area contributed by atoms with Crippen molar-refractivity contribution < 1.29 is 14.4 Å². The third kappa shape index (κ3) is 2.26. The number of hydrogen-bond donors (Lipinski definition) is 1. The van der Waals surface area contributed by atoms with Gasteiger partial charge >= 0.3 is 5.69 Å². The number of ether oxygens (including phenoxy) is 2. The van der Waals surface area contributed by atoms with Crippen LogP contribution in [0.15, 0.2) is 6.33 Å². The molecule has 0 aromatic carbocycles. The van der Waals surface area contributed by atoms with Crippen molar-refractivity contribution in [1.82, 2.24) is 9.97 Å². The molecular formula is C12H18N4O4. The fourth-order valence-electron chi connectivity index (χ4n) is 2.48. The fourth-order valence-corrected chi connectivity index (χ4v) is 2.48. The van der Waals surface area contributed by atoms with E-state index in [1.165, 1.54) is 13.4 Å². The first-order chi connectivity index (χ1) is 9.41. The zero-order valence-electron chi connectivity index (χ0n) is 11.9. The van der Waals surface area contributed by atoms with Crippen LogP contribution in [0.2, 0.25) is 0 Å². The predicted octanol–water partition coefficient (Wildman–Crippen LogP) is 1.62. The normalized spacial score (nSPS) is 23.8. The van der Waals surface area contributed by atoms with E-state index < -0.39 is 4.92 Å². The van der Waals surface area contributed by atoms with Gasteiger partial charge in [0.15, 0.2) is 0 Å². The average molecular weight is 282 g/mol. The van der Waals surface area contributed by atoms with Crippen LogP contribution in [-0.2, 0) is 4.74 Å². The number of nitro groups is 1. The molecule has 110 valence electrons. The maximum atomic E-state index is 11.2. The summed E-state index contributed by atoms with van der Waals surface area (Å²) in [5.41, 5.74) is -0.368. The van der Waals surface area contributed by atoms with Crippen molar-refractivity contribution in [1.29, 1.82) is 0 Å². The first-order valence-electron chi connectivity index (χ1n) is 6.24. The molecule has 0 amide bonds. The second kappa shape index (κ2) is 5.20. The molecule has 1 aliphatic carbocycles. The molecule has 1 aromatic heterocycles. The Bertz CT molecular complexity index is 520. The Kier molecular flexibility index (Phi) is 3.76. The van der Waals surface area contributed by atoms with Gasteiger partial charge in [0.2, 0.25) is 5.82 Å². The van der Waals surface area contributed by atoms with E-state index >= 15 is 0 Å². The molecular weight excluding hydrogens is 264 g/mol. The van der Waals surface area contributed by atoms with Crippen LogP contribution in [-0.4, -0.2) is 41.3 Å². The van der Waals surface area contributed by atoms with Gasteiger partial charge in [0.25, 0.3) is 5.88 Å². The highest BCUT2D eigenvalue weighted by molar-refractivity contribution is 5.61. The summed E-state index contributed by atoms with van der Waals surface area (Å²) in [6.07, 6.45) is 2.14. The standard InChI is InChI=1S/C12H18N4O4/c1-12(2)7(5-8(12)19-3)15-10-9(16(17)18)11(20-4)14-6-13-10/h6-8H,5H2,1-4H3,(H,13,14,15). The summed E-state index contributed by atoms with van der Waals surface area (Å²) in [5, 5.41) is 14.3. The summed E-state index contributed by atoms with van der Waals surface area (Å²) < 4.78 is 10.3. The van der Waals surface area contributed by atoms with Gasteiger partial charge in [-0.15, -0.1) is 0 Å². The van der Waals surface area contributed by atoms with Crippen LogP contribution >= 0.6 is 0 Å². The summed E-state index contributed by atoms with van der Waals surface area (Å²) in [6, 6.07) is 0.0470. The van der Waals surface area contributed by atoms with Crippen molar-refractivity contribution in [3.05, 3.63) is 16.4 Å². The first-order valence-corrected chi connectivity index (χ1v) is 6.24. The second-order valence-electron chi connectivity index (χ2n) is 5.32. The number of aromatic nitrogens is 2. The van der Waals surface area contributed by atoms with Gasteiger partial charge in [0.05, 0.1) is 18.1 Å². The Balaban J connectivity index is 2.25. The molecule has 8 nitrogen and oxygen atoms in total. The zero-order valence-corrected chi connectivity index (χ0v) is 11.9. The summed E-state index contributed by atoms with van der Waals surface area (Å²) in [7, 11) is 3.01. The molecule has 8 heteroatoms. The van der Waals surface area contributed by atoms with E-state index in [-0.39, 0.29) is 34.9 Å². The highest BCUT2D eigenvalue weighted by Crippen LogP contribution is 2.45. The Morgan fingerprint density at radius 2 is 2.15 bits per heavy atom. The van der Waals surface area contributed by atoms with Gasteiger partial charge in [-0.1, -0.05) is 13.8 Å². The van der Waals surface area contributed by atoms with Crippen LogP contribution in [0.5, 0.6) is 5.88 Å². The summed E-state index contributed by atoms with van der Waals surface area (Å²) in [5.74, 6) is 0.127. The van der Waals surface area contributed by atoms with Crippen molar-refractivity contribution in [3.8, 4) is 5.88 Å². The lowest BCUT2D eigenvalue weighted by atomic mass is 9.64. The van der Waals surface area contributed by atoms with Crippen molar-refractivity contribution in [3.63, 3.8) is 0 Å². The molecule has 1 N–H and O–H groups in total. The molecule has 1 fully saturated rings. The first kappa shape index (κ1) is 14.4. The molecule has 2 unspecified atom stereocenters. The van der Waals surface area contributed by atoms with Gasteiger partial charge in [0.1, 0.15) is 6.33 Å². The van der Waals surface area contributed by atoms with Crippen molar-refractivity contribution in [2.75, 3.05) is 19.5 Å². The van der Waals surface area contributed by atoms with Crippen LogP contribution in [0.4, 0.5) is 11.5 Å². The molecule has 1 aliphatic rings. The van der Waals surface area contributed by atoms with Crippen LogP contribution in [0.3, 0.4) is 0 Å². The summed E-state index contributed by atoms with van der Waals surface area (Å²) in [6.45, 7) is 4.10. The highest BCUT2D eigenvalue weighted by atomic mass is 16.6. The van der Waals surface area contributed by atoms with E-state index in [1.54, 1.807) is 7.11 Å². The third-order valence-electron chi connectivity index (χ3n) is 3.94. The van der Waals surface area contributed by atoms with E-state index in [2.05, 4.69) is 15.3 Å². The molecule has 0 radical (unpaired) electrons. The summed E-state index contributed by atoms with van der Waals surface area (Å²) >= 11 is 0. The fraction of sp³-hybridized carbons (Fsp3) is 0.667. The van der Waals surface area contributed by atoms with Crippen LogP contribution in [0, 0.1) is 15.5 Å². The number of nitrogens with zero attached hydrogens (tertiary/aromatic N) is 3. The van der Waals surface area contributed by atoms with E-state index in [0.29, 0.717) is 0 Å². The molecule has 0 bridgehead atoms. The largest absolute Gasteiger partial charge is 0.476 e. The quantitative estimate of drug-likeness (QED) is 0.647. The Labute approximate surface area is 116 Å². The molecule has 0 aliphatic heterocycles. The smallest absolute Gasteiger partial charge is 0.372 e. The minimum Gasteiger partial charge on any atom is -0.476 e. The number of anilines is 1. The molecule has 1 saturated carbocycles. The molecule has 20 heavy (non-hydrogen) atoms. The van der Waals surface area contributed by atoms with Crippen LogP contribution in [0.1, 0.15) is 20.3 Å². The van der Waals surface area contributed by atoms with Crippen molar-refractivity contribution in [2.24, 2.45) is 5.41 Å². The number of hydrogen-bond acceptors (Lipinski definition) is 7. The monoisotopic (exact) mass is 282 g/mol. The number of rotatable bonds is 5. The van der Waals surface area contributed by atoms with E-state index in [0.717, 1.165) is 6.42 Å². The third-order valence-corrected chi connectivity index (χ3v) is 3.94. The van der Waals surface area contributed by atoms with E-state index in [4.69, 9.17) is 9.47 Å². The molecule has 0 spiro atoms. The molecule has 2 rings (SSSR count). The van der Waals surface area contributed by atoms with Crippen molar-refractivity contribution in [2.45, 2.75) is 32.4 Å². The Hall–Kier alpha value is -1.96. The molecule has 1 aromatic rings. The Morgan fingerprint density at radius 1 is 1.45 bits per heavy atom. The lowest BCUT2D eigenvalue weighted by Crippen LogP contribution is -2.57. The molecule has 0 saturated heterocycles. The lowest BCUT2D eigenvalue weighted by molar-refractivity contribution is -0.385. The van der Waals surface area contributed by atoms with E-state index in [9.17, 15) is 10.1 Å². The second-order valence-corrected chi connectivity index (χ2v) is 5.32. The minimum absolute atomic E-state index is 0.0470. The van der Waals surface area contributed by atoms with Gasteiger partial charge in [-0.3, -0.25) is 10.1 Å². The van der Waals surface area contributed by atoms with Gasteiger partial charge in [0, 0.05) is 18.6 Å². The average Bonchev–Trinajstić information content (AvgIpc) is 2.42. The van der Waals surface area contributed by atoms with Crippen LogP contribution in [0.25, 0.3) is 0 Å². The van der Waals surface area contributed by atoms with Gasteiger partial charge in [-0.25, -0.2) is 4.98 Å². The number of methoxy groups -OCH3 is 2.